The maximum Gasteiger partial charge on any atom is 0.237 e. The quantitative estimate of drug-likeness (QED) is 0.778. The summed E-state index contributed by atoms with van der Waals surface area (Å²) in [5.41, 5.74) is 0. The standard InChI is InChI=1S/C10H19FN2O.ClH/c1-6(2)7(3)13-10(14)9-4-8(11)5-12-9;/h6-9,12H,4-5H2,1-3H3,(H,13,14);1H/t7?,8-,9+;/m0./s1. The van der Waals surface area contributed by atoms with Crippen molar-refractivity contribution in [1.82, 2.24) is 10.6 Å². The average molecular weight is 239 g/mol. The first-order chi connectivity index (χ1) is 6.50. The first-order valence-corrected chi connectivity index (χ1v) is 5.18. The summed E-state index contributed by atoms with van der Waals surface area (Å²) in [6.45, 7) is 6.36. The van der Waals surface area contributed by atoms with E-state index in [4.69, 9.17) is 0 Å². The van der Waals surface area contributed by atoms with Crippen molar-refractivity contribution in [3.05, 3.63) is 0 Å². The summed E-state index contributed by atoms with van der Waals surface area (Å²) in [5, 5.41) is 5.74. The molecule has 0 aromatic carbocycles. The molecule has 1 aliphatic rings. The van der Waals surface area contributed by atoms with Gasteiger partial charge < -0.3 is 10.6 Å². The highest BCUT2D eigenvalue weighted by molar-refractivity contribution is 5.85. The van der Waals surface area contributed by atoms with Crippen LogP contribution in [0.15, 0.2) is 0 Å². The van der Waals surface area contributed by atoms with Crippen LogP contribution in [0, 0.1) is 5.92 Å². The molecule has 5 heteroatoms. The summed E-state index contributed by atoms with van der Waals surface area (Å²) in [6.07, 6.45) is -0.573. The highest BCUT2D eigenvalue weighted by Gasteiger charge is 2.29. The number of alkyl halides is 1. The first kappa shape index (κ1) is 14.6. The van der Waals surface area contributed by atoms with Crippen LogP contribution in [-0.4, -0.2) is 30.7 Å². The number of nitrogens with one attached hydrogen (secondary N) is 2. The molecule has 0 aromatic heterocycles. The number of halogens is 2. The molecule has 0 bridgehead atoms. The second-order valence-electron chi connectivity index (χ2n) is 4.34. The normalized spacial score (nSPS) is 27.3. The Morgan fingerprint density at radius 2 is 2.07 bits per heavy atom. The zero-order chi connectivity index (χ0) is 10.7. The van der Waals surface area contributed by atoms with Crippen molar-refractivity contribution < 1.29 is 9.18 Å². The fraction of sp³-hybridized carbons (Fsp3) is 0.900. The van der Waals surface area contributed by atoms with Crippen molar-refractivity contribution >= 4 is 18.3 Å². The van der Waals surface area contributed by atoms with Gasteiger partial charge in [-0.1, -0.05) is 13.8 Å². The molecule has 1 saturated heterocycles. The van der Waals surface area contributed by atoms with Gasteiger partial charge in [-0.25, -0.2) is 4.39 Å². The van der Waals surface area contributed by atoms with E-state index in [9.17, 15) is 9.18 Å². The van der Waals surface area contributed by atoms with Gasteiger partial charge in [-0.05, 0) is 12.8 Å². The molecule has 3 atom stereocenters. The van der Waals surface area contributed by atoms with E-state index in [1.54, 1.807) is 0 Å². The minimum absolute atomic E-state index is 0. The van der Waals surface area contributed by atoms with Crippen LogP contribution < -0.4 is 10.6 Å². The molecular weight excluding hydrogens is 219 g/mol. The van der Waals surface area contributed by atoms with E-state index < -0.39 is 6.17 Å². The molecule has 0 spiro atoms. The summed E-state index contributed by atoms with van der Waals surface area (Å²) in [7, 11) is 0. The van der Waals surface area contributed by atoms with E-state index in [-0.39, 0.29) is 30.4 Å². The average Bonchev–Trinajstić information content (AvgIpc) is 2.51. The summed E-state index contributed by atoms with van der Waals surface area (Å²) >= 11 is 0. The lowest BCUT2D eigenvalue weighted by atomic mass is 10.1. The Kier molecular flexibility index (Phi) is 6.13. The van der Waals surface area contributed by atoms with Crippen molar-refractivity contribution in [3.63, 3.8) is 0 Å². The Balaban J connectivity index is 0.00000196. The van der Waals surface area contributed by atoms with Gasteiger partial charge in [0.05, 0.1) is 6.04 Å². The molecule has 0 aliphatic carbocycles. The molecule has 15 heavy (non-hydrogen) atoms. The highest BCUT2D eigenvalue weighted by atomic mass is 35.5. The van der Waals surface area contributed by atoms with E-state index in [0.29, 0.717) is 18.9 Å². The van der Waals surface area contributed by atoms with Gasteiger partial charge in [-0.2, -0.15) is 0 Å². The SMILES string of the molecule is CC(C)C(C)NC(=O)[C@H]1C[C@H](F)CN1.Cl. The Bertz CT molecular complexity index is 214. The van der Waals surface area contributed by atoms with Crippen molar-refractivity contribution in [3.8, 4) is 0 Å². The van der Waals surface area contributed by atoms with E-state index >= 15 is 0 Å². The van der Waals surface area contributed by atoms with Crippen molar-refractivity contribution in [2.75, 3.05) is 6.54 Å². The first-order valence-electron chi connectivity index (χ1n) is 5.18. The van der Waals surface area contributed by atoms with Gasteiger partial charge in [0.2, 0.25) is 5.91 Å². The second-order valence-corrected chi connectivity index (χ2v) is 4.34. The Hall–Kier alpha value is -0.350. The molecule has 90 valence electrons. The molecule has 2 N–H and O–H groups in total. The minimum atomic E-state index is -0.875. The van der Waals surface area contributed by atoms with Crippen LogP contribution in [0.2, 0.25) is 0 Å². The van der Waals surface area contributed by atoms with Crippen LogP contribution in [-0.2, 0) is 4.79 Å². The Morgan fingerprint density at radius 3 is 2.47 bits per heavy atom. The van der Waals surface area contributed by atoms with Gasteiger partial charge in [-0.3, -0.25) is 4.79 Å². The fourth-order valence-corrected chi connectivity index (χ4v) is 1.38. The molecule has 1 fully saturated rings. The summed E-state index contributed by atoms with van der Waals surface area (Å²) in [4.78, 5) is 11.6. The predicted octanol–water partition coefficient (Wildman–Crippen LogP) is 1.27. The number of carbonyl (C=O) groups excluding carboxylic acids is 1. The lowest BCUT2D eigenvalue weighted by molar-refractivity contribution is -0.123. The number of hydrogen-bond acceptors (Lipinski definition) is 2. The van der Waals surface area contributed by atoms with Crippen LogP contribution >= 0.6 is 12.4 Å². The monoisotopic (exact) mass is 238 g/mol. The fourth-order valence-electron chi connectivity index (χ4n) is 1.38. The van der Waals surface area contributed by atoms with E-state index in [1.807, 2.05) is 20.8 Å². The maximum atomic E-state index is 12.8. The Labute approximate surface area is 96.6 Å². The van der Waals surface area contributed by atoms with Gasteiger partial charge in [0, 0.05) is 19.0 Å². The third kappa shape index (κ3) is 4.34. The van der Waals surface area contributed by atoms with Crippen molar-refractivity contribution in [2.45, 2.75) is 45.4 Å². The second kappa shape index (κ2) is 6.28. The zero-order valence-corrected chi connectivity index (χ0v) is 10.2. The van der Waals surface area contributed by atoms with Crippen molar-refractivity contribution in [1.29, 1.82) is 0 Å². The molecule has 3 nitrogen and oxygen atoms in total. The number of amides is 1. The van der Waals surface area contributed by atoms with Crippen LogP contribution in [0.4, 0.5) is 4.39 Å². The zero-order valence-electron chi connectivity index (χ0n) is 9.42. The van der Waals surface area contributed by atoms with Crippen LogP contribution in [0.5, 0.6) is 0 Å². The van der Waals surface area contributed by atoms with Gasteiger partial charge in [0.15, 0.2) is 0 Å². The summed E-state index contributed by atoms with van der Waals surface area (Å²) < 4.78 is 12.8. The third-order valence-electron chi connectivity index (χ3n) is 2.76. The van der Waals surface area contributed by atoms with Gasteiger partial charge in [-0.15, -0.1) is 12.4 Å². The van der Waals surface area contributed by atoms with Gasteiger partial charge in [0.25, 0.3) is 0 Å². The molecule has 1 unspecified atom stereocenters. The van der Waals surface area contributed by atoms with Crippen LogP contribution in [0.3, 0.4) is 0 Å². The maximum absolute atomic E-state index is 12.8. The lowest BCUT2D eigenvalue weighted by Gasteiger charge is -2.19. The highest BCUT2D eigenvalue weighted by Crippen LogP contribution is 2.10. The smallest absolute Gasteiger partial charge is 0.237 e. The molecular formula is C10H20ClFN2O. The molecule has 1 rings (SSSR count). The predicted molar refractivity (Wildman–Crippen MR) is 61.0 cm³/mol. The largest absolute Gasteiger partial charge is 0.352 e. The van der Waals surface area contributed by atoms with Crippen LogP contribution in [0.1, 0.15) is 27.2 Å². The van der Waals surface area contributed by atoms with Gasteiger partial charge in [0.1, 0.15) is 6.17 Å². The number of carbonyl (C=O) groups is 1. The lowest BCUT2D eigenvalue weighted by Crippen LogP contribution is -2.45. The molecule has 1 amide bonds. The van der Waals surface area contributed by atoms with E-state index in [2.05, 4.69) is 10.6 Å². The topological polar surface area (TPSA) is 41.1 Å². The van der Waals surface area contributed by atoms with Gasteiger partial charge >= 0.3 is 0 Å². The van der Waals surface area contributed by atoms with Crippen LogP contribution in [0.25, 0.3) is 0 Å². The molecule has 0 radical (unpaired) electrons. The van der Waals surface area contributed by atoms with E-state index in [1.165, 1.54) is 0 Å². The summed E-state index contributed by atoms with van der Waals surface area (Å²) in [6, 6.07) is -0.200. The molecule has 1 aliphatic heterocycles. The third-order valence-corrected chi connectivity index (χ3v) is 2.76. The molecule has 0 saturated carbocycles. The number of hydrogen-bond donors (Lipinski definition) is 2. The number of rotatable bonds is 3. The molecule has 1 heterocycles. The Morgan fingerprint density at radius 1 is 1.47 bits per heavy atom. The van der Waals surface area contributed by atoms with Crippen molar-refractivity contribution in [2.24, 2.45) is 5.92 Å². The minimum Gasteiger partial charge on any atom is -0.352 e. The molecule has 0 aromatic rings. The summed E-state index contributed by atoms with van der Waals surface area (Å²) in [5.74, 6) is 0.327. The van der Waals surface area contributed by atoms with E-state index in [0.717, 1.165) is 0 Å².